The highest BCUT2D eigenvalue weighted by molar-refractivity contribution is 7.99. The van der Waals surface area contributed by atoms with Crippen LogP contribution in [0.2, 0.25) is 0 Å². The van der Waals surface area contributed by atoms with E-state index in [0.29, 0.717) is 18.3 Å². The average Bonchev–Trinajstić information content (AvgIpc) is 2.85. The van der Waals surface area contributed by atoms with Gasteiger partial charge in [0.2, 0.25) is 5.91 Å². The van der Waals surface area contributed by atoms with E-state index in [1.165, 1.54) is 11.8 Å². The van der Waals surface area contributed by atoms with Crippen LogP contribution in [0.3, 0.4) is 0 Å². The van der Waals surface area contributed by atoms with Gasteiger partial charge in [-0.1, -0.05) is 35.5 Å². The van der Waals surface area contributed by atoms with Crippen LogP contribution in [0.5, 0.6) is 0 Å². The van der Waals surface area contributed by atoms with Gasteiger partial charge < -0.3 is 10.5 Å². The maximum absolute atomic E-state index is 10.9. The van der Waals surface area contributed by atoms with Gasteiger partial charge in [-0.05, 0) is 13.0 Å². The maximum atomic E-state index is 10.9. The maximum Gasteiger partial charge on any atom is 0.227 e. The Hall–Kier alpha value is -1.86. The summed E-state index contributed by atoms with van der Waals surface area (Å²) < 4.78 is 7.08. The van der Waals surface area contributed by atoms with Crippen LogP contribution in [0.25, 0.3) is 11.4 Å². The van der Waals surface area contributed by atoms with Crippen LogP contribution in [0, 0.1) is 6.92 Å². The van der Waals surface area contributed by atoms with Crippen LogP contribution in [0.1, 0.15) is 5.56 Å². The van der Waals surface area contributed by atoms with E-state index < -0.39 is 0 Å². The Balaban J connectivity index is 2.33. The minimum Gasteiger partial charge on any atom is -0.383 e. The second-order valence-electron chi connectivity index (χ2n) is 4.58. The molecule has 0 spiro atoms. The standard InChI is InChI=1S/C14H18N4O2S/c1-10-4-3-5-11(8-10)13-16-17-14(21-9-12(15)19)18(13)6-7-20-2/h3-5,8H,6-7,9H2,1-2H3,(H2,15,19). The first-order valence-electron chi connectivity index (χ1n) is 6.52. The Kier molecular flexibility index (Phi) is 5.35. The molecule has 21 heavy (non-hydrogen) atoms. The SMILES string of the molecule is COCCn1c(SCC(N)=O)nnc1-c1cccc(C)c1. The Morgan fingerprint density at radius 3 is 2.90 bits per heavy atom. The van der Waals surface area contributed by atoms with Gasteiger partial charge >= 0.3 is 0 Å². The first-order valence-corrected chi connectivity index (χ1v) is 7.50. The molecule has 0 radical (unpaired) electrons. The minimum atomic E-state index is -0.376. The lowest BCUT2D eigenvalue weighted by Gasteiger charge is -2.09. The van der Waals surface area contributed by atoms with Gasteiger partial charge in [-0.2, -0.15) is 0 Å². The zero-order valence-corrected chi connectivity index (χ0v) is 12.9. The predicted octanol–water partition coefficient (Wildman–Crippen LogP) is 1.48. The third kappa shape index (κ3) is 4.05. The van der Waals surface area contributed by atoms with Crippen molar-refractivity contribution in [3.05, 3.63) is 29.8 Å². The Morgan fingerprint density at radius 2 is 2.24 bits per heavy atom. The van der Waals surface area contributed by atoms with Gasteiger partial charge in [0.1, 0.15) is 0 Å². The van der Waals surface area contributed by atoms with Gasteiger partial charge in [-0.3, -0.25) is 9.36 Å². The van der Waals surface area contributed by atoms with Gasteiger partial charge in [0.15, 0.2) is 11.0 Å². The van der Waals surface area contributed by atoms with Crippen molar-refractivity contribution in [1.29, 1.82) is 0 Å². The number of primary amides is 1. The van der Waals surface area contributed by atoms with E-state index in [-0.39, 0.29) is 11.7 Å². The van der Waals surface area contributed by atoms with E-state index in [4.69, 9.17) is 10.5 Å². The number of benzene rings is 1. The van der Waals surface area contributed by atoms with Crippen LogP contribution >= 0.6 is 11.8 Å². The summed E-state index contributed by atoms with van der Waals surface area (Å²) in [5, 5.41) is 9.07. The third-order valence-corrected chi connectivity index (χ3v) is 3.84. The molecule has 1 amide bonds. The predicted molar refractivity (Wildman–Crippen MR) is 82.0 cm³/mol. The van der Waals surface area contributed by atoms with Crippen molar-refractivity contribution in [2.24, 2.45) is 5.73 Å². The van der Waals surface area contributed by atoms with E-state index >= 15 is 0 Å². The van der Waals surface area contributed by atoms with Crippen molar-refractivity contribution in [2.45, 2.75) is 18.6 Å². The summed E-state index contributed by atoms with van der Waals surface area (Å²) >= 11 is 1.28. The number of rotatable bonds is 7. The molecule has 2 aromatic rings. The van der Waals surface area contributed by atoms with Crippen LogP contribution in [0.4, 0.5) is 0 Å². The molecule has 112 valence electrons. The highest BCUT2D eigenvalue weighted by Crippen LogP contribution is 2.24. The van der Waals surface area contributed by atoms with Crippen molar-refractivity contribution in [3.8, 4) is 11.4 Å². The van der Waals surface area contributed by atoms with Crippen LogP contribution in [0.15, 0.2) is 29.4 Å². The number of thioether (sulfide) groups is 1. The summed E-state index contributed by atoms with van der Waals surface area (Å²) in [5.74, 6) is 0.569. The number of carbonyl (C=O) groups excluding carboxylic acids is 1. The molecule has 0 saturated heterocycles. The van der Waals surface area contributed by atoms with E-state index in [9.17, 15) is 4.79 Å². The highest BCUT2D eigenvalue weighted by atomic mass is 32.2. The Bertz CT molecular complexity index is 627. The van der Waals surface area contributed by atoms with Crippen LogP contribution in [-0.2, 0) is 16.1 Å². The van der Waals surface area contributed by atoms with Gasteiger partial charge in [-0.25, -0.2) is 0 Å². The zero-order chi connectivity index (χ0) is 15.2. The van der Waals surface area contributed by atoms with Crippen molar-refractivity contribution in [3.63, 3.8) is 0 Å². The molecule has 0 aliphatic heterocycles. The molecule has 7 heteroatoms. The molecule has 1 heterocycles. The quantitative estimate of drug-likeness (QED) is 0.783. The van der Waals surface area contributed by atoms with Gasteiger partial charge in [0.05, 0.1) is 18.9 Å². The van der Waals surface area contributed by atoms with Crippen molar-refractivity contribution >= 4 is 17.7 Å². The first kappa shape index (κ1) is 15.5. The lowest BCUT2D eigenvalue weighted by Crippen LogP contribution is -2.14. The lowest BCUT2D eigenvalue weighted by atomic mass is 10.1. The summed E-state index contributed by atoms with van der Waals surface area (Å²) in [4.78, 5) is 10.9. The number of hydrogen-bond donors (Lipinski definition) is 1. The highest BCUT2D eigenvalue weighted by Gasteiger charge is 2.15. The molecule has 0 saturated carbocycles. The summed E-state index contributed by atoms with van der Waals surface area (Å²) in [6, 6.07) is 8.05. The molecule has 0 atom stereocenters. The molecule has 0 aliphatic carbocycles. The van der Waals surface area contributed by atoms with E-state index in [2.05, 4.69) is 16.3 Å². The molecule has 0 unspecified atom stereocenters. The van der Waals surface area contributed by atoms with Crippen molar-refractivity contribution < 1.29 is 9.53 Å². The van der Waals surface area contributed by atoms with Gasteiger partial charge in [0, 0.05) is 12.7 Å². The first-order chi connectivity index (χ1) is 10.1. The average molecular weight is 306 g/mol. The molecule has 2 rings (SSSR count). The molecular formula is C14H18N4O2S. The van der Waals surface area contributed by atoms with Crippen molar-refractivity contribution in [1.82, 2.24) is 14.8 Å². The van der Waals surface area contributed by atoms with Gasteiger partial charge in [0.25, 0.3) is 0 Å². The fourth-order valence-corrected chi connectivity index (χ4v) is 2.62. The second kappa shape index (κ2) is 7.24. The third-order valence-electron chi connectivity index (χ3n) is 2.86. The molecule has 1 aromatic carbocycles. The van der Waals surface area contributed by atoms with Crippen LogP contribution in [-0.4, -0.2) is 40.1 Å². The fourth-order valence-electron chi connectivity index (χ4n) is 1.91. The Morgan fingerprint density at radius 1 is 1.43 bits per heavy atom. The smallest absolute Gasteiger partial charge is 0.227 e. The topological polar surface area (TPSA) is 83.0 Å². The molecule has 0 aliphatic rings. The van der Waals surface area contributed by atoms with E-state index in [1.807, 2.05) is 29.7 Å². The second-order valence-corrected chi connectivity index (χ2v) is 5.52. The van der Waals surface area contributed by atoms with Crippen LogP contribution < -0.4 is 5.73 Å². The monoisotopic (exact) mass is 306 g/mol. The largest absolute Gasteiger partial charge is 0.383 e. The molecule has 0 bridgehead atoms. The number of aryl methyl sites for hydroxylation is 1. The summed E-state index contributed by atoms with van der Waals surface area (Å²) in [5.41, 5.74) is 7.33. The van der Waals surface area contributed by atoms with Crippen molar-refractivity contribution in [2.75, 3.05) is 19.5 Å². The number of hydrogen-bond acceptors (Lipinski definition) is 5. The lowest BCUT2D eigenvalue weighted by molar-refractivity contribution is -0.115. The molecule has 0 fully saturated rings. The van der Waals surface area contributed by atoms with Gasteiger partial charge in [-0.15, -0.1) is 10.2 Å². The molecule has 1 aromatic heterocycles. The number of amides is 1. The van der Waals surface area contributed by atoms with E-state index in [1.54, 1.807) is 7.11 Å². The molecule has 6 nitrogen and oxygen atoms in total. The number of aromatic nitrogens is 3. The summed E-state index contributed by atoms with van der Waals surface area (Å²) in [6.07, 6.45) is 0. The normalized spacial score (nSPS) is 10.8. The summed E-state index contributed by atoms with van der Waals surface area (Å²) in [6.45, 7) is 3.19. The van der Waals surface area contributed by atoms with E-state index in [0.717, 1.165) is 17.0 Å². The molecular weight excluding hydrogens is 288 g/mol. The summed E-state index contributed by atoms with van der Waals surface area (Å²) in [7, 11) is 1.65. The fraction of sp³-hybridized carbons (Fsp3) is 0.357. The number of carbonyl (C=O) groups is 1. The number of nitrogens with two attached hydrogens (primary N) is 1. The minimum absolute atomic E-state index is 0.179. The number of methoxy groups -OCH3 is 1. The number of nitrogens with zero attached hydrogens (tertiary/aromatic N) is 3. The molecule has 2 N–H and O–H groups in total. The number of ether oxygens (including phenoxy) is 1. The Labute approximate surface area is 127 Å². The zero-order valence-electron chi connectivity index (χ0n) is 12.1.